The molecule has 0 saturated carbocycles. The summed E-state index contributed by atoms with van der Waals surface area (Å²) in [7, 11) is 2.07. The molecular formula is C9H15NO. The van der Waals surface area contributed by atoms with Crippen LogP contribution < -0.4 is 4.57 Å². The Bertz CT molecular complexity index is 229. The van der Waals surface area contributed by atoms with Crippen LogP contribution in [0.3, 0.4) is 0 Å². The van der Waals surface area contributed by atoms with Gasteiger partial charge in [-0.25, -0.2) is 4.57 Å². The maximum atomic E-state index is 2.16. The Balaban J connectivity index is 0.000001000. The van der Waals surface area contributed by atoms with E-state index in [1.54, 1.807) is 0 Å². The molecule has 0 radical (unpaired) electrons. The van der Waals surface area contributed by atoms with Crippen molar-refractivity contribution in [2.75, 3.05) is 0 Å². The smallest absolute Gasteiger partial charge is 0.181 e. The van der Waals surface area contributed by atoms with Gasteiger partial charge in [-0.1, -0.05) is 0 Å². The molecule has 2 heteroatoms. The third-order valence-electron chi connectivity index (χ3n) is 2.21. The van der Waals surface area contributed by atoms with Crippen LogP contribution in [0.15, 0.2) is 12.3 Å². The summed E-state index contributed by atoms with van der Waals surface area (Å²) >= 11 is 0. The fraction of sp³-hybridized carbons (Fsp3) is 0.444. The van der Waals surface area contributed by atoms with Crippen molar-refractivity contribution < 1.29 is 10.0 Å². The van der Waals surface area contributed by atoms with E-state index in [1.165, 1.54) is 16.8 Å². The van der Waals surface area contributed by atoms with Crippen molar-refractivity contribution in [3.05, 3.63) is 29.1 Å². The van der Waals surface area contributed by atoms with E-state index in [2.05, 4.69) is 44.6 Å². The van der Waals surface area contributed by atoms with Crippen LogP contribution in [0.25, 0.3) is 0 Å². The molecule has 1 aromatic heterocycles. The molecule has 0 aromatic carbocycles. The molecule has 0 bridgehead atoms. The first-order chi connectivity index (χ1) is 4.63. The highest BCUT2D eigenvalue weighted by Crippen LogP contribution is 2.05. The first kappa shape index (κ1) is 10.1. The molecule has 0 aliphatic heterocycles. The second kappa shape index (κ2) is 3.49. The summed E-state index contributed by atoms with van der Waals surface area (Å²) < 4.78 is 2.14. The van der Waals surface area contributed by atoms with E-state index in [1.807, 2.05) is 0 Å². The average Bonchev–Trinajstić information content (AvgIpc) is 1.93. The van der Waals surface area contributed by atoms with Crippen LogP contribution in [0.2, 0.25) is 0 Å². The van der Waals surface area contributed by atoms with Gasteiger partial charge in [0.05, 0.1) is 0 Å². The summed E-state index contributed by atoms with van der Waals surface area (Å²) in [5.74, 6) is 0. The summed E-state index contributed by atoms with van der Waals surface area (Å²) in [6.07, 6.45) is 2.09. The van der Waals surface area contributed by atoms with E-state index in [0.29, 0.717) is 0 Å². The number of aryl methyl sites for hydroxylation is 2. The lowest BCUT2D eigenvalue weighted by atomic mass is 10.1. The summed E-state index contributed by atoms with van der Waals surface area (Å²) in [4.78, 5) is 0. The van der Waals surface area contributed by atoms with Crippen LogP contribution in [0.1, 0.15) is 16.8 Å². The first-order valence-electron chi connectivity index (χ1n) is 3.55. The maximum Gasteiger partial charge on any atom is 0.181 e. The number of hydrogen-bond acceptors (Lipinski definition) is 1. The third kappa shape index (κ3) is 1.77. The van der Waals surface area contributed by atoms with Gasteiger partial charge in [0.1, 0.15) is 7.05 Å². The minimum absolute atomic E-state index is 0. The molecule has 1 aromatic rings. The molecule has 1 heterocycles. The van der Waals surface area contributed by atoms with E-state index in [-0.39, 0.29) is 5.48 Å². The molecule has 0 aliphatic rings. The average molecular weight is 153 g/mol. The van der Waals surface area contributed by atoms with Gasteiger partial charge in [-0.2, -0.15) is 0 Å². The predicted octanol–water partition coefficient (Wildman–Crippen LogP) is 1.26. The molecule has 0 aliphatic carbocycles. The van der Waals surface area contributed by atoms with Gasteiger partial charge in [0.25, 0.3) is 0 Å². The largest absolute Gasteiger partial charge is 0.870 e. The Hall–Kier alpha value is -0.890. The van der Waals surface area contributed by atoms with Crippen molar-refractivity contribution in [2.24, 2.45) is 7.05 Å². The quantitative estimate of drug-likeness (QED) is 0.516. The fourth-order valence-electron chi connectivity index (χ4n) is 1.01. The van der Waals surface area contributed by atoms with E-state index in [4.69, 9.17) is 0 Å². The second-order valence-electron chi connectivity index (χ2n) is 2.82. The zero-order valence-corrected chi connectivity index (χ0v) is 7.55. The van der Waals surface area contributed by atoms with Crippen LogP contribution in [-0.4, -0.2) is 5.48 Å². The zero-order valence-electron chi connectivity index (χ0n) is 7.55. The topological polar surface area (TPSA) is 33.9 Å². The summed E-state index contributed by atoms with van der Waals surface area (Å²) in [6.45, 7) is 6.44. The van der Waals surface area contributed by atoms with Crippen LogP contribution >= 0.6 is 0 Å². The molecule has 0 unspecified atom stereocenters. The molecular weight excluding hydrogens is 138 g/mol. The molecule has 0 fully saturated rings. The minimum Gasteiger partial charge on any atom is -0.870 e. The molecule has 1 N–H and O–H groups in total. The fourth-order valence-corrected chi connectivity index (χ4v) is 1.01. The van der Waals surface area contributed by atoms with Crippen LogP contribution in [-0.2, 0) is 7.05 Å². The number of aromatic nitrogens is 1. The Kier molecular flexibility index (Phi) is 3.20. The Labute approximate surface area is 67.8 Å². The van der Waals surface area contributed by atoms with E-state index >= 15 is 0 Å². The Morgan fingerprint density at radius 3 is 2.18 bits per heavy atom. The standard InChI is InChI=1S/C9H14N.H2O/c1-7-5-6-10(4)9(3)8(7)2;/h5-6H,1-4H3;1H2/q+1;/p-1. The molecule has 0 atom stereocenters. The summed E-state index contributed by atoms with van der Waals surface area (Å²) in [6, 6.07) is 2.14. The van der Waals surface area contributed by atoms with Gasteiger partial charge in [-0.05, 0) is 19.4 Å². The van der Waals surface area contributed by atoms with Crippen molar-refractivity contribution in [1.82, 2.24) is 0 Å². The number of rotatable bonds is 0. The highest BCUT2D eigenvalue weighted by Gasteiger charge is 2.04. The van der Waals surface area contributed by atoms with Crippen molar-refractivity contribution in [3.63, 3.8) is 0 Å². The van der Waals surface area contributed by atoms with E-state index in [9.17, 15) is 0 Å². The second-order valence-corrected chi connectivity index (χ2v) is 2.82. The lowest BCUT2D eigenvalue weighted by molar-refractivity contribution is -0.678. The van der Waals surface area contributed by atoms with Gasteiger partial charge in [-0.15, -0.1) is 0 Å². The SMILES string of the molecule is Cc1cc[n+](C)c(C)c1C.[OH-]. The normalized spacial score (nSPS) is 9.09. The molecule has 0 spiro atoms. The van der Waals surface area contributed by atoms with Gasteiger partial charge < -0.3 is 5.48 Å². The van der Waals surface area contributed by atoms with Crippen molar-refractivity contribution in [2.45, 2.75) is 20.8 Å². The highest BCUT2D eigenvalue weighted by molar-refractivity contribution is 5.22. The van der Waals surface area contributed by atoms with Gasteiger partial charge in [-0.3, -0.25) is 0 Å². The summed E-state index contributed by atoms with van der Waals surface area (Å²) in [5.41, 5.74) is 4.11. The van der Waals surface area contributed by atoms with Crippen LogP contribution in [0.5, 0.6) is 0 Å². The lowest BCUT2D eigenvalue weighted by Crippen LogP contribution is -2.32. The van der Waals surface area contributed by atoms with Crippen molar-refractivity contribution >= 4 is 0 Å². The molecule has 11 heavy (non-hydrogen) atoms. The third-order valence-corrected chi connectivity index (χ3v) is 2.21. The first-order valence-corrected chi connectivity index (χ1v) is 3.55. The monoisotopic (exact) mass is 153 g/mol. The molecule has 0 saturated heterocycles. The highest BCUT2D eigenvalue weighted by atomic mass is 16.0. The lowest BCUT2D eigenvalue weighted by Gasteiger charge is -2.00. The van der Waals surface area contributed by atoms with E-state index in [0.717, 1.165) is 0 Å². The Morgan fingerprint density at radius 2 is 1.73 bits per heavy atom. The maximum absolute atomic E-state index is 2.16. The molecule has 0 amide bonds. The number of pyridine rings is 1. The van der Waals surface area contributed by atoms with Gasteiger partial charge in [0.15, 0.2) is 11.9 Å². The Morgan fingerprint density at radius 1 is 1.18 bits per heavy atom. The van der Waals surface area contributed by atoms with Gasteiger partial charge in [0.2, 0.25) is 0 Å². The van der Waals surface area contributed by atoms with Crippen molar-refractivity contribution in [3.8, 4) is 0 Å². The van der Waals surface area contributed by atoms with Crippen LogP contribution in [0, 0.1) is 20.8 Å². The van der Waals surface area contributed by atoms with E-state index < -0.39 is 0 Å². The van der Waals surface area contributed by atoms with Crippen molar-refractivity contribution in [1.29, 1.82) is 0 Å². The summed E-state index contributed by atoms with van der Waals surface area (Å²) in [5, 5.41) is 0. The predicted molar refractivity (Wildman–Crippen MR) is 43.8 cm³/mol. The molecule has 1 rings (SSSR count). The van der Waals surface area contributed by atoms with Gasteiger partial charge in [0, 0.05) is 18.6 Å². The van der Waals surface area contributed by atoms with Crippen LogP contribution in [0.4, 0.5) is 0 Å². The number of nitrogens with zero attached hydrogens (tertiary/aromatic N) is 1. The van der Waals surface area contributed by atoms with Gasteiger partial charge >= 0.3 is 0 Å². The molecule has 2 nitrogen and oxygen atoms in total. The zero-order chi connectivity index (χ0) is 7.72. The minimum atomic E-state index is 0. The molecule has 62 valence electrons. The number of hydrogen-bond donors (Lipinski definition) is 0.